The summed E-state index contributed by atoms with van der Waals surface area (Å²) in [5.74, 6) is 0. The third kappa shape index (κ3) is 3.38. The average Bonchev–Trinajstić information content (AvgIpc) is 2.35. The van der Waals surface area contributed by atoms with E-state index >= 15 is 0 Å². The Morgan fingerprint density at radius 1 is 1.11 bits per heavy atom. The highest BCUT2D eigenvalue weighted by molar-refractivity contribution is 14.1. The Hall–Kier alpha value is -0.290. The molecule has 0 aliphatic rings. The van der Waals surface area contributed by atoms with Gasteiger partial charge in [0.05, 0.1) is 10.0 Å². The van der Waals surface area contributed by atoms with Gasteiger partial charge in [-0.3, -0.25) is 0 Å². The monoisotopic (exact) mass is 391 g/mol. The van der Waals surface area contributed by atoms with Crippen molar-refractivity contribution in [2.75, 3.05) is 0 Å². The van der Waals surface area contributed by atoms with Crippen molar-refractivity contribution in [2.45, 2.75) is 12.5 Å². The Morgan fingerprint density at radius 2 is 1.83 bits per heavy atom. The SMILES string of the molecule is NC(Cc1cccc(Cl)c1Cl)c1cccc(I)c1. The molecule has 0 saturated heterocycles. The second kappa shape index (κ2) is 6.24. The van der Waals surface area contributed by atoms with Gasteiger partial charge in [-0.15, -0.1) is 0 Å². The lowest BCUT2D eigenvalue weighted by Gasteiger charge is -2.14. The van der Waals surface area contributed by atoms with Gasteiger partial charge in [0.15, 0.2) is 0 Å². The summed E-state index contributed by atoms with van der Waals surface area (Å²) in [7, 11) is 0. The van der Waals surface area contributed by atoms with Crippen molar-refractivity contribution in [3.8, 4) is 0 Å². The van der Waals surface area contributed by atoms with Gasteiger partial charge in [-0.25, -0.2) is 0 Å². The van der Waals surface area contributed by atoms with Gasteiger partial charge in [0, 0.05) is 9.61 Å². The molecule has 0 amide bonds. The third-order valence-electron chi connectivity index (χ3n) is 2.75. The smallest absolute Gasteiger partial charge is 0.0624 e. The molecular weight excluding hydrogens is 380 g/mol. The van der Waals surface area contributed by atoms with E-state index in [4.69, 9.17) is 28.9 Å². The van der Waals surface area contributed by atoms with Crippen molar-refractivity contribution in [1.82, 2.24) is 0 Å². The maximum Gasteiger partial charge on any atom is 0.0624 e. The van der Waals surface area contributed by atoms with Gasteiger partial charge < -0.3 is 5.73 Å². The highest BCUT2D eigenvalue weighted by atomic mass is 127. The van der Waals surface area contributed by atoms with Gasteiger partial charge in [0.2, 0.25) is 0 Å². The van der Waals surface area contributed by atoms with E-state index < -0.39 is 0 Å². The molecule has 0 aliphatic heterocycles. The first-order valence-corrected chi connectivity index (χ1v) is 7.35. The fraction of sp³-hybridized carbons (Fsp3) is 0.143. The maximum atomic E-state index is 6.21. The summed E-state index contributed by atoms with van der Waals surface area (Å²) in [6.45, 7) is 0. The molecule has 2 aromatic carbocycles. The minimum atomic E-state index is -0.0734. The van der Waals surface area contributed by atoms with E-state index in [1.54, 1.807) is 6.07 Å². The zero-order valence-electron chi connectivity index (χ0n) is 9.54. The predicted molar refractivity (Wildman–Crippen MR) is 86.3 cm³/mol. The molecule has 4 heteroatoms. The van der Waals surface area contributed by atoms with E-state index in [1.807, 2.05) is 30.3 Å². The van der Waals surface area contributed by atoms with Gasteiger partial charge in [-0.1, -0.05) is 47.5 Å². The molecule has 0 aromatic heterocycles. The van der Waals surface area contributed by atoms with E-state index in [9.17, 15) is 0 Å². The summed E-state index contributed by atoms with van der Waals surface area (Å²) in [5.41, 5.74) is 8.30. The van der Waals surface area contributed by atoms with Gasteiger partial charge in [-0.05, 0) is 58.3 Å². The summed E-state index contributed by atoms with van der Waals surface area (Å²) in [5, 5.41) is 1.17. The predicted octanol–water partition coefficient (Wildman–Crippen LogP) is 4.84. The molecule has 18 heavy (non-hydrogen) atoms. The lowest BCUT2D eigenvalue weighted by atomic mass is 10.00. The molecule has 1 nitrogen and oxygen atoms in total. The molecule has 0 spiro atoms. The van der Waals surface area contributed by atoms with E-state index in [-0.39, 0.29) is 6.04 Å². The quantitative estimate of drug-likeness (QED) is 0.744. The summed E-state index contributed by atoms with van der Waals surface area (Å²) < 4.78 is 1.18. The Labute approximate surface area is 130 Å². The minimum Gasteiger partial charge on any atom is -0.324 e. The van der Waals surface area contributed by atoms with Crippen LogP contribution in [0.2, 0.25) is 10.0 Å². The topological polar surface area (TPSA) is 26.0 Å². The van der Waals surface area contributed by atoms with Crippen LogP contribution in [0, 0.1) is 3.57 Å². The molecule has 0 bridgehead atoms. The fourth-order valence-electron chi connectivity index (χ4n) is 1.80. The van der Waals surface area contributed by atoms with Crippen molar-refractivity contribution in [2.24, 2.45) is 5.73 Å². The number of rotatable bonds is 3. The summed E-state index contributed by atoms with van der Waals surface area (Å²) in [6, 6.07) is 13.7. The second-order valence-corrected chi connectivity index (χ2v) is 6.11. The largest absolute Gasteiger partial charge is 0.324 e. The number of hydrogen-bond donors (Lipinski definition) is 1. The first-order valence-electron chi connectivity index (χ1n) is 5.52. The van der Waals surface area contributed by atoms with Gasteiger partial charge in [-0.2, -0.15) is 0 Å². The summed E-state index contributed by atoms with van der Waals surface area (Å²) >= 11 is 14.4. The van der Waals surface area contributed by atoms with Crippen molar-refractivity contribution in [1.29, 1.82) is 0 Å². The van der Waals surface area contributed by atoms with Crippen LogP contribution in [0.5, 0.6) is 0 Å². The van der Waals surface area contributed by atoms with Crippen LogP contribution in [0.15, 0.2) is 42.5 Å². The maximum absolute atomic E-state index is 6.21. The standard InChI is InChI=1S/C14H12Cl2IN/c15-12-6-2-4-10(14(12)16)8-13(18)9-3-1-5-11(17)7-9/h1-7,13H,8,18H2. The van der Waals surface area contributed by atoms with Crippen LogP contribution in [-0.4, -0.2) is 0 Å². The molecule has 2 aromatic rings. The molecule has 0 fully saturated rings. The third-order valence-corrected chi connectivity index (χ3v) is 4.28. The lowest BCUT2D eigenvalue weighted by Crippen LogP contribution is -2.13. The van der Waals surface area contributed by atoms with Crippen LogP contribution < -0.4 is 5.73 Å². The molecule has 2 N–H and O–H groups in total. The number of halogens is 3. The van der Waals surface area contributed by atoms with Crippen LogP contribution in [0.25, 0.3) is 0 Å². The van der Waals surface area contributed by atoms with Crippen molar-refractivity contribution < 1.29 is 0 Å². The molecule has 0 heterocycles. The molecular formula is C14H12Cl2IN. The Bertz CT molecular complexity index is 557. The van der Waals surface area contributed by atoms with Crippen LogP contribution in [-0.2, 0) is 6.42 Å². The molecule has 1 unspecified atom stereocenters. The number of benzene rings is 2. The summed E-state index contributed by atoms with van der Waals surface area (Å²) in [6.07, 6.45) is 0.680. The molecule has 94 valence electrons. The number of nitrogens with two attached hydrogens (primary N) is 1. The first kappa shape index (κ1) is 14.1. The fourth-order valence-corrected chi connectivity index (χ4v) is 2.76. The second-order valence-electron chi connectivity index (χ2n) is 4.08. The molecule has 0 radical (unpaired) electrons. The Balaban J connectivity index is 2.21. The zero-order chi connectivity index (χ0) is 13.1. The molecule has 1 atom stereocenters. The normalized spacial score (nSPS) is 12.4. The van der Waals surface area contributed by atoms with E-state index in [2.05, 4.69) is 28.7 Å². The first-order chi connectivity index (χ1) is 8.58. The van der Waals surface area contributed by atoms with Crippen LogP contribution in [0.1, 0.15) is 17.2 Å². The van der Waals surface area contributed by atoms with Crippen LogP contribution in [0.3, 0.4) is 0 Å². The minimum absolute atomic E-state index is 0.0734. The Kier molecular flexibility index (Phi) is 4.90. The highest BCUT2D eigenvalue weighted by Gasteiger charge is 2.11. The molecule has 0 aliphatic carbocycles. The molecule has 0 saturated carbocycles. The van der Waals surface area contributed by atoms with Gasteiger partial charge in [0.25, 0.3) is 0 Å². The zero-order valence-corrected chi connectivity index (χ0v) is 13.2. The van der Waals surface area contributed by atoms with Crippen molar-refractivity contribution in [3.63, 3.8) is 0 Å². The lowest BCUT2D eigenvalue weighted by molar-refractivity contribution is 0.721. The van der Waals surface area contributed by atoms with Crippen molar-refractivity contribution in [3.05, 3.63) is 67.2 Å². The highest BCUT2D eigenvalue weighted by Crippen LogP contribution is 2.28. The Morgan fingerprint density at radius 3 is 2.56 bits per heavy atom. The van der Waals surface area contributed by atoms with E-state index in [0.717, 1.165) is 11.1 Å². The van der Waals surface area contributed by atoms with Gasteiger partial charge in [0.1, 0.15) is 0 Å². The molecule has 2 rings (SSSR count). The van der Waals surface area contributed by atoms with E-state index in [0.29, 0.717) is 16.5 Å². The van der Waals surface area contributed by atoms with Crippen LogP contribution in [0.4, 0.5) is 0 Å². The average molecular weight is 392 g/mol. The summed E-state index contributed by atoms with van der Waals surface area (Å²) in [4.78, 5) is 0. The van der Waals surface area contributed by atoms with Crippen molar-refractivity contribution >= 4 is 45.8 Å². The van der Waals surface area contributed by atoms with E-state index in [1.165, 1.54) is 3.57 Å². The van der Waals surface area contributed by atoms with Crippen LogP contribution >= 0.6 is 45.8 Å². The van der Waals surface area contributed by atoms with Gasteiger partial charge >= 0.3 is 0 Å². The number of hydrogen-bond acceptors (Lipinski definition) is 1.